The fraction of sp³-hybridized carbons (Fsp3) is 0.200. The zero-order valence-corrected chi connectivity index (χ0v) is 9.73. The van der Waals surface area contributed by atoms with Crippen molar-refractivity contribution in [2.75, 3.05) is 0 Å². The molecule has 0 amide bonds. The molecule has 1 N–H and O–H groups in total. The molecule has 2 aromatic carbocycles. The van der Waals surface area contributed by atoms with Gasteiger partial charge in [0.1, 0.15) is 18.1 Å². The molecule has 3 rings (SSSR count). The molecule has 2 aromatic rings. The molecule has 1 heterocycles. The molecule has 1 aliphatic heterocycles. The fourth-order valence-electron chi connectivity index (χ4n) is 2.26. The van der Waals surface area contributed by atoms with Crippen LogP contribution < -0.4 is 4.74 Å². The van der Waals surface area contributed by atoms with Crippen LogP contribution in [0.4, 0.5) is 0 Å². The van der Waals surface area contributed by atoms with Crippen LogP contribution in [0, 0.1) is 6.92 Å². The number of benzene rings is 2. The van der Waals surface area contributed by atoms with E-state index in [4.69, 9.17) is 4.74 Å². The van der Waals surface area contributed by atoms with E-state index in [1.165, 1.54) is 11.1 Å². The van der Waals surface area contributed by atoms with Crippen molar-refractivity contribution < 1.29 is 9.84 Å². The quantitative estimate of drug-likeness (QED) is 0.747. The Morgan fingerprint density at radius 2 is 1.82 bits per heavy atom. The summed E-state index contributed by atoms with van der Waals surface area (Å²) < 4.78 is 5.75. The van der Waals surface area contributed by atoms with Crippen molar-refractivity contribution in [3.63, 3.8) is 0 Å². The van der Waals surface area contributed by atoms with Crippen LogP contribution in [-0.2, 0) is 13.0 Å². The summed E-state index contributed by atoms with van der Waals surface area (Å²) in [5.74, 6) is 1.16. The molecule has 0 bridgehead atoms. The van der Waals surface area contributed by atoms with Gasteiger partial charge in [-0.1, -0.05) is 30.3 Å². The lowest BCUT2D eigenvalue weighted by Crippen LogP contribution is -1.95. The lowest BCUT2D eigenvalue weighted by molar-refractivity contribution is 0.305. The molecule has 0 saturated carbocycles. The minimum Gasteiger partial charge on any atom is -0.507 e. The lowest BCUT2D eigenvalue weighted by atomic mass is 9.98. The van der Waals surface area contributed by atoms with Gasteiger partial charge in [-0.2, -0.15) is 0 Å². The van der Waals surface area contributed by atoms with Crippen molar-refractivity contribution in [3.8, 4) is 11.5 Å². The predicted octanol–water partition coefficient (Wildman–Crippen LogP) is 3.18. The Morgan fingerprint density at radius 1 is 1.06 bits per heavy atom. The van der Waals surface area contributed by atoms with Crippen molar-refractivity contribution in [1.82, 2.24) is 0 Å². The van der Waals surface area contributed by atoms with Crippen molar-refractivity contribution in [1.29, 1.82) is 0 Å². The van der Waals surface area contributed by atoms with Crippen molar-refractivity contribution in [2.45, 2.75) is 20.0 Å². The first-order chi connectivity index (χ1) is 8.25. The molecule has 0 radical (unpaired) electrons. The fourth-order valence-corrected chi connectivity index (χ4v) is 2.26. The van der Waals surface area contributed by atoms with Crippen LogP contribution in [0.2, 0.25) is 0 Å². The third-order valence-electron chi connectivity index (χ3n) is 3.31. The molecule has 17 heavy (non-hydrogen) atoms. The van der Waals surface area contributed by atoms with E-state index < -0.39 is 0 Å². The van der Waals surface area contributed by atoms with E-state index in [2.05, 4.69) is 12.1 Å². The van der Waals surface area contributed by atoms with Gasteiger partial charge in [0.15, 0.2) is 0 Å². The number of phenolic OH excluding ortho intramolecular Hbond substituents is 1. The maximum atomic E-state index is 10.1. The third kappa shape index (κ3) is 1.66. The highest BCUT2D eigenvalue weighted by atomic mass is 16.5. The molecule has 0 spiro atoms. The summed E-state index contributed by atoms with van der Waals surface area (Å²) in [4.78, 5) is 0. The minimum absolute atomic E-state index is 0.360. The van der Waals surface area contributed by atoms with Gasteiger partial charge in [0, 0.05) is 12.0 Å². The number of aromatic hydroxyl groups is 1. The SMILES string of the molecule is Cc1ccc2c(c1O)Cc1ccccc1CO2. The Morgan fingerprint density at radius 3 is 2.65 bits per heavy atom. The predicted molar refractivity (Wildman–Crippen MR) is 66.4 cm³/mol. The summed E-state index contributed by atoms with van der Waals surface area (Å²) >= 11 is 0. The lowest BCUT2D eigenvalue weighted by Gasteiger charge is -2.10. The molecule has 2 heteroatoms. The van der Waals surface area contributed by atoms with Gasteiger partial charge in [0.2, 0.25) is 0 Å². The number of hydrogen-bond acceptors (Lipinski definition) is 2. The Kier molecular flexibility index (Phi) is 2.29. The van der Waals surface area contributed by atoms with E-state index in [-0.39, 0.29) is 0 Å². The van der Waals surface area contributed by atoms with Gasteiger partial charge in [-0.05, 0) is 29.7 Å². The standard InChI is InChI=1S/C15H14O2/c1-10-6-7-14-13(15(10)16)8-11-4-2-3-5-12(11)9-17-14/h2-7,16H,8-9H2,1H3. The first-order valence-electron chi connectivity index (χ1n) is 5.77. The Hall–Kier alpha value is -1.96. The van der Waals surface area contributed by atoms with Crippen molar-refractivity contribution >= 4 is 0 Å². The molecule has 86 valence electrons. The summed E-state index contributed by atoms with van der Waals surface area (Å²) in [5.41, 5.74) is 4.22. The van der Waals surface area contributed by atoms with Gasteiger partial charge in [0.05, 0.1) is 0 Å². The van der Waals surface area contributed by atoms with Gasteiger partial charge in [-0.3, -0.25) is 0 Å². The Balaban J connectivity index is 2.15. The summed E-state index contributed by atoms with van der Waals surface area (Å²) in [5, 5.41) is 10.1. The summed E-state index contributed by atoms with van der Waals surface area (Å²) in [6.45, 7) is 2.48. The average Bonchev–Trinajstić information content (AvgIpc) is 2.54. The van der Waals surface area contributed by atoms with Crippen LogP contribution in [0.3, 0.4) is 0 Å². The number of aryl methyl sites for hydroxylation is 1. The summed E-state index contributed by atoms with van der Waals surface area (Å²) in [6, 6.07) is 12.0. The number of rotatable bonds is 0. The van der Waals surface area contributed by atoms with E-state index >= 15 is 0 Å². The second-order valence-corrected chi connectivity index (χ2v) is 4.44. The van der Waals surface area contributed by atoms with Crippen LogP contribution >= 0.6 is 0 Å². The smallest absolute Gasteiger partial charge is 0.127 e. The van der Waals surface area contributed by atoms with E-state index in [0.29, 0.717) is 12.4 Å². The number of hydrogen-bond donors (Lipinski definition) is 1. The minimum atomic E-state index is 0.360. The van der Waals surface area contributed by atoms with Crippen LogP contribution in [0.5, 0.6) is 11.5 Å². The van der Waals surface area contributed by atoms with E-state index in [1.54, 1.807) is 0 Å². The molecule has 0 aliphatic carbocycles. The monoisotopic (exact) mass is 226 g/mol. The van der Waals surface area contributed by atoms with Crippen LogP contribution in [0.15, 0.2) is 36.4 Å². The second-order valence-electron chi connectivity index (χ2n) is 4.44. The largest absolute Gasteiger partial charge is 0.507 e. The Labute approximate surface area is 100 Å². The molecule has 1 aliphatic rings. The molecule has 0 aromatic heterocycles. The molecule has 0 fully saturated rings. The maximum absolute atomic E-state index is 10.1. The number of ether oxygens (including phenoxy) is 1. The number of phenols is 1. The van der Waals surface area contributed by atoms with E-state index in [0.717, 1.165) is 23.3 Å². The molecule has 0 atom stereocenters. The zero-order valence-electron chi connectivity index (χ0n) is 9.73. The molecular formula is C15H14O2. The van der Waals surface area contributed by atoms with Gasteiger partial charge in [0.25, 0.3) is 0 Å². The highest BCUT2D eigenvalue weighted by Crippen LogP contribution is 2.36. The average molecular weight is 226 g/mol. The van der Waals surface area contributed by atoms with E-state index in [9.17, 15) is 5.11 Å². The first kappa shape index (κ1) is 10.2. The first-order valence-corrected chi connectivity index (χ1v) is 5.77. The molecule has 0 saturated heterocycles. The Bertz CT molecular complexity index is 573. The maximum Gasteiger partial charge on any atom is 0.127 e. The van der Waals surface area contributed by atoms with Crippen molar-refractivity contribution in [2.24, 2.45) is 0 Å². The van der Waals surface area contributed by atoms with Gasteiger partial charge < -0.3 is 9.84 Å². The van der Waals surface area contributed by atoms with Crippen LogP contribution in [-0.4, -0.2) is 5.11 Å². The van der Waals surface area contributed by atoms with Gasteiger partial charge >= 0.3 is 0 Å². The van der Waals surface area contributed by atoms with E-state index in [1.807, 2.05) is 31.2 Å². The highest BCUT2D eigenvalue weighted by molar-refractivity contribution is 5.52. The normalized spacial score (nSPS) is 13.2. The second kappa shape index (κ2) is 3.81. The van der Waals surface area contributed by atoms with Crippen LogP contribution in [0.1, 0.15) is 22.3 Å². The number of fused-ring (bicyclic) bond motifs is 2. The summed E-state index contributed by atoms with van der Waals surface area (Å²) in [6.07, 6.45) is 0.735. The van der Waals surface area contributed by atoms with Crippen molar-refractivity contribution in [3.05, 3.63) is 58.7 Å². The van der Waals surface area contributed by atoms with Gasteiger partial charge in [-0.25, -0.2) is 0 Å². The highest BCUT2D eigenvalue weighted by Gasteiger charge is 2.17. The summed E-state index contributed by atoms with van der Waals surface area (Å²) in [7, 11) is 0. The zero-order chi connectivity index (χ0) is 11.8. The molecular weight excluding hydrogens is 212 g/mol. The topological polar surface area (TPSA) is 29.5 Å². The molecule has 2 nitrogen and oxygen atoms in total. The van der Waals surface area contributed by atoms with Gasteiger partial charge in [-0.15, -0.1) is 0 Å². The molecule has 0 unspecified atom stereocenters. The van der Waals surface area contributed by atoms with Crippen LogP contribution in [0.25, 0.3) is 0 Å². The third-order valence-corrected chi connectivity index (χ3v) is 3.31.